The zero-order valence-electron chi connectivity index (χ0n) is 11.2. The summed E-state index contributed by atoms with van der Waals surface area (Å²) < 4.78 is 5.79. The van der Waals surface area contributed by atoms with E-state index in [1.165, 1.54) is 12.1 Å². The zero-order chi connectivity index (χ0) is 14.4. The zero-order valence-corrected chi connectivity index (χ0v) is 11.2. The maximum atomic E-state index is 10.5. The lowest BCUT2D eigenvalue weighted by molar-refractivity contribution is -0.384. The lowest BCUT2D eigenvalue weighted by Crippen LogP contribution is -2.22. The molecule has 0 unspecified atom stereocenters. The van der Waals surface area contributed by atoms with Crippen LogP contribution >= 0.6 is 0 Å². The number of ether oxygens (including phenoxy) is 1. The predicted octanol–water partition coefficient (Wildman–Crippen LogP) is 2.93. The normalized spacial score (nSPS) is 18.8. The molecule has 20 heavy (non-hydrogen) atoms. The largest absolute Gasteiger partial charge is 0.411 e. The van der Waals surface area contributed by atoms with Crippen LogP contribution in [-0.2, 0) is 11.2 Å². The molecule has 1 aromatic carbocycles. The van der Waals surface area contributed by atoms with Gasteiger partial charge in [0.2, 0.25) is 0 Å². The number of nitro benzene ring substituents is 1. The Morgan fingerprint density at radius 2 is 1.95 bits per heavy atom. The smallest absolute Gasteiger partial charge is 0.269 e. The van der Waals surface area contributed by atoms with Crippen LogP contribution in [0.25, 0.3) is 0 Å². The molecule has 0 radical (unpaired) electrons. The van der Waals surface area contributed by atoms with Gasteiger partial charge < -0.3 is 9.94 Å². The molecule has 1 aliphatic carbocycles. The number of benzene rings is 1. The van der Waals surface area contributed by atoms with Gasteiger partial charge >= 0.3 is 0 Å². The molecule has 6 heteroatoms. The van der Waals surface area contributed by atoms with Crippen molar-refractivity contribution in [2.24, 2.45) is 5.16 Å². The number of oxime groups is 1. The first-order chi connectivity index (χ1) is 9.69. The quantitative estimate of drug-likeness (QED) is 0.510. The van der Waals surface area contributed by atoms with Crippen molar-refractivity contribution >= 4 is 11.4 Å². The van der Waals surface area contributed by atoms with Crippen molar-refractivity contribution in [1.82, 2.24) is 0 Å². The van der Waals surface area contributed by atoms with Crippen molar-refractivity contribution in [2.45, 2.75) is 38.2 Å². The summed E-state index contributed by atoms with van der Waals surface area (Å²) in [4.78, 5) is 10.1. The van der Waals surface area contributed by atoms with Gasteiger partial charge in [0.05, 0.1) is 23.3 Å². The van der Waals surface area contributed by atoms with E-state index in [9.17, 15) is 10.1 Å². The highest BCUT2D eigenvalue weighted by molar-refractivity contribution is 5.84. The molecule has 6 nitrogen and oxygen atoms in total. The Morgan fingerprint density at radius 1 is 1.30 bits per heavy atom. The third-order valence-electron chi connectivity index (χ3n) is 3.54. The molecule has 1 aromatic rings. The van der Waals surface area contributed by atoms with Crippen LogP contribution in [-0.4, -0.2) is 28.6 Å². The van der Waals surface area contributed by atoms with E-state index in [2.05, 4.69) is 5.16 Å². The lowest BCUT2D eigenvalue weighted by Gasteiger charge is -2.22. The number of non-ortho nitro benzene ring substituents is 1. The minimum absolute atomic E-state index is 0.109. The standard InChI is InChI=1S/C14H18N2O4/c17-15-12-3-7-14(8-4-12)20-10-9-11-1-5-13(6-2-11)16(18)19/h1-2,5-6,14,17H,3-4,7-10H2. The van der Waals surface area contributed by atoms with Crippen molar-refractivity contribution in [2.75, 3.05) is 6.61 Å². The van der Waals surface area contributed by atoms with E-state index in [1.807, 2.05) is 0 Å². The Kier molecular flexibility index (Phi) is 5.06. The fourth-order valence-corrected chi connectivity index (χ4v) is 2.32. The highest BCUT2D eigenvalue weighted by atomic mass is 16.6. The van der Waals surface area contributed by atoms with Crippen molar-refractivity contribution in [1.29, 1.82) is 0 Å². The molecular formula is C14H18N2O4. The Morgan fingerprint density at radius 3 is 2.50 bits per heavy atom. The molecule has 0 heterocycles. The van der Waals surface area contributed by atoms with Gasteiger partial charge in [-0.15, -0.1) is 0 Å². The summed E-state index contributed by atoms with van der Waals surface area (Å²) in [7, 11) is 0. The summed E-state index contributed by atoms with van der Waals surface area (Å²) in [5.74, 6) is 0. The first-order valence-electron chi connectivity index (χ1n) is 6.74. The molecule has 1 N–H and O–H groups in total. The van der Waals surface area contributed by atoms with E-state index in [-0.39, 0.29) is 11.8 Å². The Balaban J connectivity index is 1.72. The number of hydrogen-bond donors (Lipinski definition) is 1. The van der Waals surface area contributed by atoms with E-state index in [0.717, 1.165) is 43.4 Å². The fourth-order valence-electron chi connectivity index (χ4n) is 2.32. The van der Waals surface area contributed by atoms with E-state index in [1.54, 1.807) is 12.1 Å². The second kappa shape index (κ2) is 7.00. The van der Waals surface area contributed by atoms with Gasteiger partial charge in [-0.1, -0.05) is 17.3 Å². The molecular weight excluding hydrogens is 260 g/mol. The lowest BCUT2D eigenvalue weighted by atomic mass is 9.96. The monoisotopic (exact) mass is 278 g/mol. The number of hydrogen-bond acceptors (Lipinski definition) is 5. The molecule has 0 bridgehead atoms. The summed E-state index contributed by atoms with van der Waals surface area (Å²) in [5, 5.41) is 22.4. The van der Waals surface area contributed by atoms with Gasteiger partial charge in [-0.2, -0.15) is 0 Å². The summed E-state index contributed by atoms with van der Waals surface area (Å²) in [6, 6.07) is 6.55. The average molecular weight is 278 g/mol. The number of rotatable bonds is 5. The van der Waals surface area contributed by atoms with Crippen molar-refractivity contribution in [3.8, 4) is 0 Å². The maximum absolute atomic E-state index is 10.5. The average Bonchev–Trinajstić information content (AvgIpc) is 2.48. The van der Waals surface area contributed by atoms with Crippen molar-refractivity contribution in [3.05, 3.63) is 39.9 Å². The SMILES string of the molecule is O=[N+]([O-])c1ccc(CCOC2CCC(=NO)CC2)cc1. The van der Waals surface area contributed by atoms with E-state index < -0.39 is 4.92 Å². The van der Waals surface area contributed by atoms with Gasteiger partial charge in [-0.3, -0.25) is 10.1 Å². The molecule has 0 aromatic heterocycles. The second-order valence-electron chi connectivity index (χ2n) is 4.91. The Labute approximate surface area is 117 Å². The van der Waals surface area contributed by atoms with Crippen LogP contribution in [0.3, 0.4) is 0 Å². The van der Waals surface area contributed by atoms with Crippen LogP contribution in [0.2, 0.25) is 0 Å². The van der Waals surface area contributed by atoms with E-state index in [4.69, 9.17) is 9.94 Å². The molecule has 1 saturated carbocycles. The predicted molar refractivity (Wildman–Crippen MR) is 74.2 cm³/mol. The van der Waals surface area contributed by atoms with Crippen LogP contribution in [0.5, 0.6) is 0 Å². The minimum atomic E-state index is -0.400. The minimum Gasteiger partial charge on any atom is -0.411 e. The number of nitrogens with zero attached hydrogens (tertiary/aromatic N) is 2. The topological polar surface area (TPSA) is 85.0 Å². The Hall–Kier alpha value is -1.95. The molecule has 0 spiro atoms. The molecule has 0 amide bonds. The maximum Gasteiger partial charge on any atom is 0.269 e. The summed E-state index contributed by atoms with van der Waals surface area (Å²) >= 11 is 0. The van der Waals surface area contributed by atoms with E-state index in [0.29, 0.717) is 6.61 Å². The van der Waals surface area contributed by atoms with Gasteiger partial charge in [0.1, 0.15) is 0 Å². The molecule has 0 aliphatic heterocycles. The van der Waals surface area contributed by atoms with Crippen LogP contribution in [0.1, 0.15) is 31.2 Å². The van der Waals surface area contributed by atoms with Gasteiger partial charge in [0.25, 0.3) is 5.69 Å². The molecule has 0 saturated heterocycles. The first kappa shape index (κ1) is 14.5. The van der Waals surface area contributed by atoms with Gasteiger partial charge in [0, 0.05) is 12.1 Å². The van der Waals surface area contributed by atoms with Crippen LogP contribution in [0, 0.1) is 10.1 Å². The summed E-state index contributed by atoms with van der Waals surface area (Å²) in [6.45, 7) is 0.605. The van der Waals surface area contributed by atoms with Gasteiger partial charge in [-0.25, -0.2) is 0 Å². The first-order valence-corrected chi connectivity index (χ1v) is 6.74. The van der Waals surface area contributed by atoms with Crippen molar-refractivity contribution < 1.29 is 14.9 Å². The third-order valence-corrected chi connectivity index (χ3v) is 3.54. The molecule has 108 valence electrons. The second-order valence-corrected chi connectivity index (χ2v) is 4.91. The van der Waals surface area contributed by atoms with Crippen molar-refractivity contribution in [3.63, 3.8) is 0 Å². The van der Waals surface area contributed by atoms with Crippen LogP contribution in [0.15, 0.2) is 29.4 Å². The van der Waals surface area contributed by atoms with Gasteiger partial charge in [0.15, 0.2) is 0 Å². The van der Waals surface area contributed by atoms with Crippen LogP contribution in [0.4, 0.5) is 5.69 Å². The highest BCUT2D eigenvalue weighted by Gasteiger charge is 2.18. The highest BCUT2D eigenvalue weighted by Crippen LogP contribution is 2.19. The third kappa shape index (κ3) is 4.03. The van der Waals surface area contributed by atoms with Gasteiger partial charge in [-0.05, 0) is 37.7 Å². The molecule has 1 fully saturated rings. The van der Waals surface area contributed by atoms with E-state index >= 15 is 0 Å². The summed E-state index contributed by atoms with van der Waals surface area (Å²) in [5.41, 5.74) is 1.99. The Bertz CT molecular complexity index is 474. The van der Waals surface area contributed by atoms with Crippen LogP contribution < -0.4 is 0 Å². The number of nitro groups is 1. The summed E-state index contributed by atoms with van der Waals surface area (Å²) in [6.07, 6.45) is 4.32. The molecule has 0 atom stereocenters. The molecule has 2 rings (SSSR count). The molecule has 1 aliphatic rings. The fraction of sp³-hybridized carbons (Fsp3) is 0.500.